The van der Waals surface area contributed by atoms with Crippen LogP contribution in [0.2, 0.25) is 0 Å². The van der Waals surface area contributed by atoms with Gasteiger partial charge >= 0.3 is 0 Å². The smallest absolute Gasteiger partial charge is 0.237 e. The second-order valence-electron chi connectivity index (χ2n) is 5.40. The quantitative estimate of drug-likeness (QED) is 0.569. The molecule has 0 radical (unpaired) electrons. The van der Waals surface area contributed by atoms with Crippen LogP contribution >= 0.6 is 0 Å². The van der Waals surface area contributed by atoms with Gasteiger partial charge in [-0.25, -0.2) is 0 Å². The maximum atomic E-state index is 11.5. The highest BCUT2D eigenvalue weighted by Gasteiger charge is 2.36. The Kier molecular flexibility index (Phi) is 6.05. The lowest BCUT2D eigenvalue weighted by Crippen LogP contribution is -2.54. The number of amides is 1. The lowest BCUT2D eigenvalue weighted by Gasteiger charge is -2.27. The lowest BCUT2D eigenvalue weighted by molar-refractivity contribution is -0.124. The van der Waals surface area contributed by atoms with E-state index in [4.69, 9.17) is 15.2 Å². The molecule has 0 aromatic heterocycles. The van der Waals surface area contributed by atoms with Crippen molar-refractivity contribution in [3.05, 3.63) is 0 Å². The third-order valence-corrected chi connectivity index (χ3v) is 3.07. The lowest BCUT2D eigenvalue weighted by atomic mass is 9.97. The van der Waals surface area contributed by atoms with Gasteiger partial charge in [0.1, 0.15) is 0 Å². The van der Waals surface area contributed by atoms with Gasteiger partial charge in [-0.15, -0.1) is 0 Å². The summed E-state index contributed by atoms with van der Waals surface area (Å²) in [6.07, 6.45) is 3.08. The van der Waals surface area contributed by atoms with Gasteiger partial charge < -0.3 is 20.5 Å². The maximum Gasteiger partial charge on any atom is 0.237 e. The van der Waals surface area contributed by atoms with E-state index in [0.717, 1.165) is 12.8 Å². The van der Waals surface area contributed by atoms with E-state index in [1.165, 1.54) is 0 Å². The van der Waals surface area contributed by atoms with Crippen molar-refractivity contribution in [2.45, 2.75) is 57.7 Å². The van der Waals surface area contributed by atoms with Crippen LogP contribution in [-0.4, -0.2) is 43.4 Å². The van der Waals surface area contributed by atoms with Crippen molar-refractivity contribution in [2.75, 3.05) is 19.8 Å². The molecule has 1 amide bonds. The highest BCUT2D eigenvalue weighted by atomic mass is 16.5. The van der Waals surface area contributed by atoms with Gasteiger partial charge in [-0.3, -0.25) is 4.79 Å². The van der Waals surface area contributed by atoms with Crippen LogP contribution in [-0.2, 0) is 14.3 Å². The SMILES string of the molecule is CC(C)OCCOCCC(C)(NC1CC1)C(N)=O. The largest absolute Gasteiger partial charge is 0.379 e. The molecule has 1 fully saturated rings. The van der Waals surface area contributed by atoms with Gasteiger partial charge in [0, 0.05) is 12.6 Å². The zero-order chi connectivity index (χ0) is 13.6. The summed E-state index contributed by atoms with van der Waals surface area (Å²) in [5.74, 6) is -0.309. The van der Waals surface area contributed by atoms with Gasteiger partial charge in [0.15, 0.2) is 0 Å². The van der Waals surface area contributed by atoms with E-state index in [1.807, 2.05) is 20.8 Å². The zero-order valence-electron chi connectivity index (χ0n) is 11.7. The van der Waals surface area contributed by atoms with Gasteiger partial charge in [0.2, 0.25) is 5.91 Å². The van der Waals surface area contributed by atoms with E-state index in [1.54, 1.807) is 0 Å². The maximum absolute atomic E-state index is 11.5. The molecule has 0 saturated heterocycles. The van der Waals surface area contributed by atoms with Crippen LogP contribution in [0.1, 0.15) is 40.0 Å². The average Bonchev–Trinajstić information content (AvgIpc) is 3.06. The van der Waals surface area contributed by atoms with Crippen LogP contribution in [0.3, 0.4) is 0 Å². The summed E-state index contributed by atoms with van der Waals surface area (Å²) in [5.41, 5.74) is 4.79. The summed E-state index contributed by atoms with van der Waals surface area (Å²) < 4.78 is 10.8. The zero-order valence-corrected chi connectivity index (χ0v) is 11.7. The fourth-order valence-electron chi connectivity index (χ4n) is 1.67. The molecule has 106 valence electrons. The molecule has 1 aliphatic rings. The van der Waals surface area contributed by atoms with Crippen LogP contribution in [0.25, 0.3) is 0 Å². The minimum atomic E-state index is -0.653. The third-order valence-electron chi connectivity index (χ3n) is 3.07. The van der Waals surface area contributed by atoms with Gasteiger partial charge in [0.25, 0.3) is 0 Å². The van der Waals surface area contributed by atoms with Crippen molar-refractivity contribution in [1.29, 1.82) is 0 Å². The van der Waals surface area contributed by atoms with E-state index < -0.39 is 5.54 Å². The fraction of sp³-hybridized carbons (Fsp3) is 0.923. The van der Waals surface area contributed by atoms with E-state index in [-0.39, 0.29) is 12.0 Å². The van der Waals surface area contributed by atoms with Gasteiger partial charge in [-0.05, 0) is 40.0 Å². The molecule has 0 spiro atoms. The van der Waals surface area contributed by atoms with E-state index >= 15 is 0 Å². The van der Waals surface area contributed by atoms with Crippen molar-refractivity contribution >= 4 is 5.91 Å². The van der Waals surface area contributed by atoms with E-state index in [2.05, 4.69) is 5.32 Å². The number of rotatable bonds is 10. The molecule has 0 heterocycles. The van der Waals surface area contributed by atoms with E-state index in [9.17, 15) is 4.79 Å². The highest BCUT2D eigenvalue weighted by Crippen LogP contribution is 2.23. The average molecular weight is 258 g/mol. The molecule has 1 saturated carbocycles. The molecule has 0 aromatic carbocycles. The van der Waals surface area contributed by atoms with Crippen LogP contribution < -0.4 is 11.1 Å². The molecule has 18 heavy (non-hydrogen) atoms. The molecule has 3 N–H and O–H groups in total. The summed E-state index contributed by atoms with van der Waals surface area (Å²) in [6.45, 7) is 7.48. The standard InChI is InChI=1S/C13H26N2O3/c1-10(2)18-9-8-17-7-6-13(3,12(14)16)15-11-4-5-11/h10-11,15H,4-9H2,1-3H3,(H2,14,16). The van der Waals surface area contributed by atoms with Gasteiger partial charge in [-0.2, -0.15) is 0 Å². The van der Waals surface area contributed by atoms with E-state index in [0.29, 0.717) is 32.3 Å². The molecular formula is C13H26N2O3. The summed E-state index contributed by atoms with van der Waals surface area (Å²) in [5, 5.41) is 3.29. The number of carbonyl (C=O) groups excluding carboxylic acids is 1. The van der Waals surface area contributed by atoms with Crippen LogP contribution in [0, 0.1) is 0 Å². The molecule has 0 aromatic rings. The highest BCUT2D eigenvalue weighted by molar-refractivity contribution is 5.84. The van der Waals surface area contributed by atoms with Crippen LogP contribution in [0.15, 0.2) is 0 Å². The Labute approximate surface area is 109 Å². The number of primary amides is 1. The number of nitrogens with two attached hydrogens (primary N) is 1. The Hall–Kier alpha value is -0.650. The van der Waals surface area contributed by atoms with Crippen molar-refractivity contribution < 1.29 is 14.3 Å². The summed E-state index contributed by atoms with van der Waals surface area (Å²) in [7, 11) is 0. The molecule has 5 heteroatoms. The monoisotopic (exact) mass is 258 g/mol. The Morgan fingerprint density at radius 2 is 2.06 bits per heavy atom. The molecule has 1 rings (SSSR count). The Bertz CT molecular complexity index is 267. The Balaban J connectivity index is 2.15. The van der Waals surface area contributed by atoms with Crippen molar-refractivity contribution in [2.24, 2.45) is 5.73 Å². The minimum absolute atomic E-state index is 0.223. The van der Waals surface area contributed by atoms with Crippen molar-refractivity contribution in [3.63, 3.8) is 0 Å². The fourth-order valence-corrected chi connectivity index (χ4v) is 1.67. The topological polar surface area (TPSA) is 73.6 Å². The van der Waals surface area contributed by atoms with Gasteiger partial charge in [0.05, 0.1) is 24.9 Å². The first-order valence-electron chi connectivity index (χ1n) is 6.71. The number of hydrogen-bond donors (Lipinski definition) is 2. The molecule has 1 unspecified atom stereocenters. The molecule has 0 bridgehead atoms. The first-order valence-corrected chi connectivity index (χ1v) is 6.71. The molecule has 1 atom stereocenters. The minimum Gasteiger partial charge on any atom is -0.379 e. The summed E-state index contributed by atoms with van der Waals surface area (Å²) >= 11 is 0. The number of ether oxygens (including phenoxy) is 2. The summed E-state index contributed by atoms with van der Waals surface area (Å²) in [6, 6.07) is 0.451. The molecule has 0 aliphatic heterocycles. The number of carbonyl (C=O) groups is 1. The predicted molar refractivity (Wildman–Crippen MR) is 70.3 cm³/mol. The first-order chi connectivity index (χ1) is 8.44. The molecule has 5 nitrogen and oxygen atoms in total. The third kappa shape index (κ3) is 5.80. The Morgan fingerprint density at radius 3 is 2.56 bits per heavy atom. The second-order valence-corrected chi connectivity index (χ2v) is 5.40. The van der Waals surface area contributed by atoms with Crippen molar-refractivity contribution in [3.8, 4) is 0 Å². The summed E-state index contributed by atoms with van der Waals surface area (Å²) in [4.78, 5) is 11.5. The number of hydrogen-bond acceptors (Lipinski definition) is 4. The van der Waals surface area contributed by atoms with Gasteiger partial charge in [-0.1, -0.05) is 0 Å². The predicted octanol–water partition coefficient (Wildman–Crippen LogP) is 0.814. The molecular weight excluding hydrogens is 232 g/mol. The normalized spacial score (nSPS) is 18.9. The second kappa shape index (κ2) is 7.07. The molecule has 1 aliphatic carbocycles. The number of nitrogens with one attached hydrogen (secondary N) is 1. The first kappa shape index (κ1) is 15.4. The Morgan fingerprint density at radius 1 is 1.39 bits per heavy atom. The van der Waals surface area contributed by atoms with Crippen LogP contribution in [0.4, 0.5) is 0 Å². The van der Waals surface area contributed by atoms with Crippen LogP contribution in [0.5, 0.6) is 0 Å². The van der Waals surface area contributed by atoms with Crippen molar-refractivity contribution in [1.82, 2.24) is 5.32 Å².